The maximum absolute atomic E-state index is 5.42. The summed E-state index contributed by atoms with van der Waals surface area (Å²) in [5, 5.41) is 4.12. The van der Waals surface area contributed by atoms with Crippen molar-refractivity contribution in [2.75, 3.05) is 12.0 Å². The highest BCUT2D eigenvalue weighted by atomic mass is 16.5. The number of hydrogen-bond donors (Lipinski definition) is 1. The fourth-order valence-corrected chi connectivity index (χ4v) is 1.45. The van der Waals surface area contributed by atoms with E-state index < -0.39 is 0 Å². The van der Waals surface area contributed by atoms with Crippen LogP contribution in [-0.4, -0.2) is 17.8 Å². The van der Waals surface area contributed by atoms with Crippen LogP contribution in [0.15, 0.2) is 53.8 Å². The van der Waals surface area contributed by atoms with Gasteiger partial charge in [-0.2, -0.15) is 5.10 Å². The fraction of sp³-hybridized carbons (Fsp3) is 0.143. The van der Waals surface area contributed by atoms with Gasteiger partial charge in [0, 0.05) is 6.20 Å². The molecule has 2 rings (SSSR count). The predicted molar refractivity (Wildman–Crippen MR) is 73.1 cm³/mol. The molecule has 4 nitrogen and oxygen atoms in total. The van der Waals surface area contributed by atoms with Crippen LogP contribution in [0.2, 0.25) is 0 Å². The molecular formula is C14H15N3O. The number of hydrazone groups is 1. The van der Waals surface area contributed by atoms with E-state index in [-0.39, 0.29) is 0 Å². The third kappa shape index (κ3) is 3.59. The van der Waals surface area contributed by atoms with E-state index in [1.54, 1.807) is 12.4 Å². The summed E-state index contributed by atoms with van der Waals surface area (Å²) < 4.78 is 5.42. The molecule has 0 bridgehead atoms. The van der Waals surface area contributed by atoms with Crippen LogP contribution in [0, 0.1) is 0 Å². The molecule has 18 heavy (non-hydrogen) atoms. The molecular weight excluding hydrogens is 226 g/mol. The summed E-state index contributed by atoms with van der Waals surface area (Å²) in [6.07, 6.45) is 3.45. The zero-order valence-electron chi connectivity index (χ0n) is 10.2. The van der Waals surface area contributed by atoms with Crippen molar-refractivity contribution in [1.29, 1.82) is 0 Å². The van der Waals surface area contributed by atoms with Crippen LogP contribution in [0.3, 0.4) is 0 Å². The second-order valence-corrected chi connectivity index (χ2v) is 3.59. The number of rotatable bonds is 5. The Morgan fingerprint density at radius 2 is 2.22 bits per heavy atom. The molecule has 0 radical (unpaired) electrons. The SMILES string of the molecule is CCOc1cccc(C=NNc2ccccn2)c1. The van der Waals surface area contributed by atoms with Gasteiger partial charge in [0.2, 0.25) is 0 Å². The van der Waals surface area contributed by atoms with Crippen LogP contribution in [0.1, 0.15) is 12.5 Å². The molecule has 1 aromatic carbocycles. The molecule has 0 atom stereocenters. The smallest absolute Gasteiger partial charge is 0.146 e. The maximum atomic E-state index is 5.42. The van der Waals surface area contributed by atoms with Crippen molar-refractivity contribution >= 4 is 12.0 Å². The van der Waals surface area contributed by atoms with Crippen LogP contribution in [0.4, 0.5) is 5.82 Å². The number of nitrogens with one attached hydrogen (secondary N) is 1. The molecule has 0 unspecified atom stereocenters. The lowest BCUT2D eigenvalue weighted by atomic mass is 10.2. The summed E-state index contributed by atoms with van der Waals surface area (Å²) in [6, 6.07) is 13.4. The van der Waals surface area contributed by atoms with Crippen LogP contribution >= 0.6 is 0 Å². The zero-order chi connectivity index (χ0) is 12.6. The first-order valence-electron chi connectivity index (χ1n) is 5.81. The Morgan fingerprint density at radius 3 is 3.00 bits per heavy atom. The van der Waals surface area contributed by atoms with Gasteiger partial charge in [-0.3, -0.25) is 5.43 Å². The summed E-state index contributed by atoms with van der Waals surface area (Å²) in [5.74, 6) is 1.56. The van der Waals surface area contributed by atoms with E-state index in [1.165, 1.54) is 0 Å². The van der Waals surface area contributed by atoms with Gasteiger partial charge in [0.1, 0.15) is 11.6 Å². The average molecular weight is 241 g/mol. The van der Waals surface area contributed by atoms with Gasteiger partial charge >= 0.3 is 0 Å². The molecule has 1 N–H and O–H groups in total. The van der Waals surface area contributed by atoms with Crippen LogP contribution in [0.5, 0.6) is 5.75 Å². The third-order valence-electron chi connectivity index (χ3n) is 2.23. The van der Waals surface area contributed by atoms with Crippen LogP contribution in [0.25, 0.3) is 0 Å². The van der Waals surface area contributed by atoms with E-state index in [9.17, 15) is 0 Å². The number of anilines is 1. The first kappa shape index (κ1) is 12.1. The maximum Gasteiger partial charge on any atom is 0.146 e. The number of pyridine rings is 1. The van der Waals surface area contributed by atoms with Crippen LogP contribution in [-0.2, 0) is 0 Å². The van der Waals surface area contributed by atoms with Crippen molar-refractivity contribution in [2.24, 2.45) is 5.10 Å². The van der Waals surface area contributed by atoms with Gasteiger partial charge in [0.25, 0.3) is 0 Å². The molecule has 0 saturated heterocycles. The molecule has 0 spiro atoms. The van der Waals surface area contributed by atoms with Crippen molar-refractivity contribution in [3.63, 3.8) is 0 Å². The first-order chi connectivity index (χ1) is 8.88. The van der Waals surface area contributed by atoms with E-state index >= 15 is 0 Å². The summed E-state index contributed by atoms with van der Waals surface area (Å²) in [6.45, 7) is 2.62. The number of benzene rings is 1. The molecule has 1 aromatic heterocycles. The van der Waals surface area contributed by atoms with Crippen molar-refractivity contribution in [3.05, 3.63) is 54.2 Å². The van der Waals surface area contributed by atoms with Crippen molar-refractivity contribution < 1.29 is 4.74 Å². The molecule has 0 aliphatic rings. The van der Waals surface area contributed by atoms with Crippen molar-refractivity contribution in [3.8, 4) is 5.75 Å². The summed E-state index contributed by atoms with van der Waals surface area (Å²) >= 11 is 0. The summed E-state index contributed by atoms with van der Waals surface area (Å²) in [5.41, 5.74) is 3.84. The standard InChI is InChI=1S/C14H15N3O/c1-2-18-13-7-5-6-12(10-13)11-16-17-14-8-3-4-9-15-14/h3-11H,2H2,1H3,(H,15,17). The Hall–Kier alpha value is -2.36. The van der Waals surface area contributed by atoms with Crippen molar-refractivity contribution in [2.45, 2.75) is 6.92 Å². The summed E-state index contributed by atoms with van der Waals surface area (Å²) in [7, 11) is 0. The lowest BCUT2D eigenvalue weighted by Crippen LogP contribution is -1.94. The van der Waals surface area contributed by atoms with Gasteiger partial charge < -0.3 is 4.74 Å². The Balaban J connectivity index is 1.98. The molecule has 0 amide bonds. The van der Waals surface area contributed by atoms with Crippen LogP contribution < -0.4 is 10.2 Å². The van der Waals surface area contributed by atoms with Gasteiger partial charge in [0.15, 0.2) is 0 Å². The molecule has 92 valence electrons. The minimum atomic E-state index is 0.660. The highest BCUT2D eigenvalue weighted by molar-refractivity contribution is 5.80. The van der Waals surface area contributed by atoms with E-state index in [4.69, 9.17) is 4.74 Å². The number of ether oxygens (including phenoxy) is 1. The Bertz CT molecular complexity index is 511. The predicted octanol–water partition coefficient (Wildman–Crippen LogP) is 2.93. The molecule has 0 saturated carbocycles. The van der Waals surface area contributed by atoms with Gasteiger partial charge in [0.05, 0.1) is 12.8 Å². The molecule has 1 heterocycles. The number of aromatic nitrogens is 1. The minimum absolute atomic E-state index is 0.660. The minimum Gasteiger partial charge on any atom is -0.494 e. The number of hydrogen-bond acceptors (Lipinski definition) is 4. The van der Waals surface area contributed by atoms with Gasteiger partial charge in [-0.15, -0.1) is 0 Å². The number of nitrogens with zero attached hydrogens (tertiary/aromatic N) is 2. The molecule has 0 aliphatic heterocycles. The second-order valence-electron chi connectivity index (χ2n) is 3.59. The van der Waals surface area contributed by atoms with E-state index in [2.05, 4.69) is 15.5 Å². The highest BCUT2D eigenvalue weighted by Crippen LogP contribution is 2.11. The topological polar surface area (TPSA) is 46.5 Å². The van der Waals surface area contributed by atoms with Gasteiger partial charge in [-0.05, 0) is 36.8 Å². The van der Waals surface area contributed by atoms with Gasteiger partial charge in [-0.1, -0.05) is 18.2 Å². The van der Waals surface area contributed by atoms with E-state index in [0.717, 1.165) is 17.1 Å². The lowest BCUT2D eigenvalue weighted by molar-refractivity contribution is 0.340. The van der Waals surface area contributed by atoms with Gasteiger partial charge in [-0.25, -0.2) is 4.98 Å². The first-order valence-corrected chi connectivity index (χ1v) is 5.81. The normalized spacial score (nSPS) is 10.5. The third-order valence-corrected chi connectivity index (χ3v) is 2.23. The Kier molecular flexibility index (Phi) is 4.30. The largest absolute Gasteiger partial charge is 0.494 e. The fourth-order valence-electron chi connectivity index (χ4n) is 1.45. The Labute approximate surface area is 106 Å². The average Bonchev–Trinajstić information content (AvgIpc) is 2.41. The van der Waals surface area contributed by atoms with E-state index in [1.807, 2.05) is 49.4 Å². The molecule has 2 aromatic rings. The molecule has 0 aliphatic carbocycles. The molecule has 4 heteroatoms. The second kappa shape index (κ2) is 6.39. The quantitative estimate of drug-likeness (QED) is 0.646. The highest BCUT2D eigenvalue weighted by Gasteiger charge is 1.93. The monoisotopic (exact) mass is 241 g/mol. The lowest BCUT2D eigenvalue weighted by Gasteiger charge is -2.03. The van der Waals surface area contributed by atoms with Crippen molar-refractivity contribution in [1.82, 2.24) is 4.98 Å². The molecule has 0 fully saturated rings. The Morgan fingerprint density at radius 1 is 1.28 bits per heavy atom. The zero-order valence-corrected chi connectivity index (χ0v) is 10.2. The van der Waals surface area contributed by atoms with E-state index in [0.29, 0.717) is 6.61 Å². The summed E-state index contributed by atoms with van der Waals surface area (Å²) in [4.78, 5) is 4.11.